The van der Waals surface area contributed by atoms with Gasteiger partial charge in [-0.3, -0.25) is 9.48 Å². The fraction of sp³-hybridized carbons (Fsp3) is 0.292. The number of aliphatic carboxylic acids is 1. The number of hydrogen-bond acceptors (Lipinski definition) is 4. The maximum Gasteiger partial charge on any atom is 0.490 e. The number of rotatable bonds is 5. The van der Waals surface area contributed by atoms with Crippen LogP contribution in [0.5, 0.6) is 0 Å². The quantitative estimate of drug-likeness (QED) is 0.523. The van der Waals surface area contributed by atoms with Crippen LogP contribution in [-0.2, 0) is 22.5 Å². The van der Waals surface area contributed by atoms with E-state index in [2.05, 4.69) is 23.6 Å². The van der Waals surface area contributed by atoms with Gasteiger partial charge in [-0.2, -0.15) is 18.3 Å². The normalized spacial score (nSPS) is 14.9. The van der Waals surface area contributed by atoms with Crippen molar-refractivity contribution in [3.05, 3.63) is 88.5 Å². The average molecular weight is 493 g/mol. The number of carbonyl (C=O) groups is 2. The molecule has 0 spiro atoms. The van der Waals surface area contributed by atoms with Gasteiger partial charge >= 0.3 is 12.1 Å². The van der Waals surface area contributed by atoms with Crippen LogP contribution in [0.3, 0.4) is 0 Å². The lowest BCUT2D eigenvalue weighted by molar-refractivity contribution is -0.192. The number of halogens is 4. The topological polar surface area (TPSA) is 93.5 Å². The molecule has 186 valence electrons. The first-order valence-corrected chi connectivity index (χ1v) is 10.6. The molecule has 11 heteroatoms. The minimum Gasteiger partial charge on any atom is -0.475 e. The summed E-state index contributed by atoms with van der Waals surface area (Å²) < 4.78 is 53.2. The lowest BCUT2D eigenvalue weighted by Gasteiger charge is -2.22. The van der Waals surface area contributed by atoms with Gasteiger partial charge in [0.2, 0.25) is 0 Å². The van der Waals surface area contributed by atoms with E-state index in [1.165, 1.54) is 17.7 Å². The van der Waals surface area contributed by atoms with E-state index in [0.29, 0.717) is 30.8 Å². The van der Waals surface area contributed by atoms with Gasteiger partial charge in [-0.25, -0.2) is 9.18 Å². The molecule has 0 saturated heterocycles. The Kier molecular flexibility index (Phi) is 8.23. The molecule has 7 nitrogen and oxygen atoms in total. The first-order valence-electron chi connectivity index (χ1n) is 10.6. The molecule has 0 aliphatic carbocycles. The Labute approximate surface area is 198 Å². The highest BCUT2D eigenvalue weighted by atomic mass is 19.4. The van der Waals surface area contributed by atoms with E-state index >= 15 is 0 Å². The summed E-state index contributed by atoms with van der Waals surface area (Å²) in [6.45, 7) is 3.17. The Morgan fingerprint density at radius 1 is 1.17 bits per heavy atom. The average Bonchev–Trinajstić information content (AvgIpc) is 3.22. The van der Waals surface area contributed by atoms with Crippen molar-refractivity contribution in [2.45, 2.75) is 32.2 Å². The molecule has 4 rings (SSSR count). The van der Waals surface area contributed by atoms with Gasteiger partial charge in [0, 0.05) is 18.3 Å². The number of benzene rings is 2. The third-order valence-electron chi connectivity index (χ3n) is 5.26. The highest BCUT2D eigenvalue weighted by molar-refractivity contribution is 5.95. The number of ether oxygens (including phenoxy) is 1. The molecule has 0 radical (unpaired) electrons. The third kappa shape index (κ3) is 6.89. The lowest BCUT2D eigenvalue weighted by atomic mass is 10.1. The van der Waals surface area contributed by atoms with Crippen LogP contribution in [0.4, 0.5) is 17.6 Å². The summed E-state index contributed by atoms with van der Waals surface area (Å²) in [5, 5.41) is 14.7. The number of fused-ring (bicyclic) bond motifs is 1. The van der Waals surface area contributed by atoms with E-state index in [4.69, 9.17) is 19.7 Å². The van der Waals surface area contributed by atoms with E-state index in [1.54, 1.807) is 13.0 Å². The van der Waals surface area contributed by atoms with E-state index in [0.717, 1.165) is 17.7 Å². The number of amides is 1. The lowest BCUT2D eigenvalue weighted by Crippen LogP contribution is -2.32. The summed E-state index contributed by atoms with van der Waals surface area (Å²) in [5.41, 5.74) is 3.86. The van der Waals surface area contributed by atoms with E-state index in [-0.39, 0.29) is 17.8 Å². The van der Waals surface area contributed by atoms with Crippen LogP contribution >= 0.6 is 0 Å². The second-order valence-corrected chi connectivity index (χ2v) is 7.76. The predicted octanol–water partition coefficient (Wildman–Crippen LogP) is 4.06. The number of carboxylic acid groups (broad SMARTS) is 1. The molecule has 1 amide bonds. The SMILES string of the molecule is Cc1c(F)cccc1C(=O)NCC1OCCc2cn(Cc3ccccc3)nc21.O=C(O)C(F)(F)F. The summed E-state index contributed by atoms with van der Waals surface area (Å²) in [6.07, 6.45) is -2.54. The molecule has 0 saturated carbocycles. The number of carboxylic acids is 1. The van der Waals surface area contributed by atoms with E-state index in [1.807, 2.05) is 22.9 Å². The van der Waals surface area contributed by atoms with Crippen LogP contribution in [0.2, 0.25) is 0 Å². The molecule has 0 bridgehead atoms. The molecule has 3 aromatic rings. The smallest absolute Gasteiger partial charge is 0.475 e. The first-order chi connectivity index (χ1) is 16.6. The number of nitrogens with zero attached hydrogens (tertiary/aromatic N) is 2. The van der Waals surface area contributed by atoms with Gasteiger partial charge in [0.1, 0.15) is 11.9 Å². The van der Waals surface area contributed by atoms with Crippen LogP contribution in [0.25, 0.3) is 0 Å². The van der Waals surface area contributed by atoms with Gasteiger partial charge in [-0.1, -0.05) is 36.4 Å². The van der Waals surface area contributed by atoms with Gasteiger partial charge in [0.15, 0.2) is 0 Å². The van der Waals surface area contributed by atoms with Crippen molar-refractivity contribution >= 4 is 11.9 Å². The Morgan fingerprint density at radius 3 is 2.51 bits per heavy atom. The van der Waals surface area contributed by atoms with Crippen molar-refractivity contribution in [2.75, 3.05) is 13.2 Å². The zero-order chi connectivity index (χ0) is 25.6. The van der Waals surface area contributed by atoms with Crippen LogP contribution < -0.4 is 5.32 Å². The molecule has 2 N–H and O–H groups in total. The maximum atomic E-state index is 13.7. The highest BCUT2D eigenvalue weighted by Gasteiger charge is 2.38. The molecular formula is C24H23F4N3O4. The third-order valence-corrected chi connectivity index (χ3v) is 5.26. The van der Waals surface area contributed by atoms with Gasteiger partial charge < -0.3 is 15.2 Å². The maximum absolute atomic E-state index is 13.7. The minimum atomic E-state index is -5.08. The predicted molar refractivity (Wildman–Crippen MR) is 117 cm³/mol. The number of hydrogen-bond donors (Lipinski definition) is 2. The Bertz CT molecular complexity index is 1180. The van der Waals surface area contributed by atoms with Crippen molar-refractivity contribution in [2.24, 2.45) is 0 Å². The second kappa shape index (κ2) is 11.1. The Balaban J connectivity index is 0.000000429. The summed E-state index contributed by atoms with van der Waals surface area (Å²) >= 11 is 0. The molecule has 35 heavy (non-hydrogen) atoms. The fourth-order valence-corrected chi connectivity index (χ4v) is 3.47. The molecule has 0 fully saturated rings. The van der Waals surface area contributed by atoms with Crippen LogP contribution in [0.15, 0.2) is 54.7 Å². The zero-order valence-corrected chi connectivity index (χ0v) is 18.7. The van der Waals surface area contributed by atoms with Crippen LogP contribution in [0.1, 0.15) is 38.8 Å². The van der Waals surface area contributed by atoms with Crippen LogP contribution in [0, 0.1) is 12.7 Å². The summed E-state index contributed by atoms with van der Waals surface area (Å²) in [5.74, 6) is -3.45. The standard InChI is InChI=1S/C22H22FN3O2.C2HF3O2/c1-15-18(8-5-9-19(15)23)22(27)24-12-20-21-17(10-11-28-20)14-26(25-21)13-16-6-3-2-4-7-16;3-2(4,5)1(6)7/h2-9,14,20H,10-13H2,1H3,(H,24,27);(H,6,7). The van der Waals surface area contributed by atoms with Gasteiger partial charge in [0.05, 0.1) is 18.8 Å². The monoisotopic (exact) mass is 493 g/mol. The molecule has 2 aromatic carbocycles. The number of aromatic nitrogens is 2. The highest BCUT2D eigenvalue weighted by Crippen LogP contribution is 2.26. The summed E-state index contributed by atoms with van der Waals surface area (Å²) in [4.78, 5) is 21.4. The minimum absolute atomic E-state index is 0.296. The Hall–Kier alpha value is -3.73. The van der Waals surface area contributed by atoms with Gasteiger partial charge in [-0.05, 0) is 42.2 Å². The van der Waals surface area contributed by atoms with Crippen molar-refractivity contribution in [3.8, 4) is 0 Å². The number of nitrogens with one attached hydrogen (secondary N) is 1. The van der Waals surface area contributed by atoms with Gasteiger partial charge in [0.25, 0.3) is 5.91 Å². The molecule has 2 heterocycles. The summed E-state index contributed by atoms with van der Waals surface area (Å²) in [7, 11) is 0. The fourth-order valence-electron chi connectivity index (χ4n) is 3.47. The second-order valence-electron chi connectivity index (χ2n) is 7.76. The first kappa shape index (κ1) is 25.9. The van der Waals surface area contributed by atoms with Crippen LogP contribution in [-0.4, -0.2) is 46.1 Å². The molecule has 1 aliphatic heterocycles. The zero-order valence-electron chi connectivity index (χ0n) is 18.7. The Morgan fingerprint density at radius 2 is 1.86 bits per heavy atom. The molecule has 1 atom stereocenters. The molecule has 1 aliphatic rings. The van der Waals surface area contributed by atoms with Crippen molar-refractivity contribution < 1.29 is 37.0 Å². The van der Waals surface area contributed by atoms with Crippen molar-refractivity contribution in [1.29, 1.82) is 0 Å². The van der Waals surface area contributed by atoms with E-state index in [9.17, 15) is 22.4 Å². The molecular weight excluding hydrogens is 470 g/mol. The summed E-state index contributed by atoms with van der Waals surface area (Å²) in [6, 6.07) is 14.6. The van der Waals surface area contributed by atoms with Crippen molar-refractivity contribution in [1.82, 2.24) is 15.1 Å². The van der Waals surface area contributed by atoms with E-state index < -0.39 is 12.1 Å². The van der Waals surface area contributed by atoms with Crippen molar-refractivity contribution in [3.63, 3.8) is 0 Å². The molecule has 1 unspecified atom stereocenters. The van der Waals surface area contributed by atoms with Gasteiger partial charge in [-0.15, -0.1) is 0 Å². The largest absolute Gasteiger partial charge is 0.490 e. The molecule has 1 aromatic heterocycles. The number of alkyl halides is 3. The number of carbonyl (C=O) groups excluding carboxylic acids is 1.